The van der Waals surface area contributed by atoms with Crippen molar-refractivity contribution in [1.29, 1.82) is 0 Å². The van der Waals surface area contributed by atoms with Crippen molar-refractivity contribution in [2.45, 2.75) is 38.1 Å². The highest BCUT2D eigenvalue weighted by Crippen LogP contribution is 2.37. The van der Waals surface area contributed by atoms with Crippen LogP contribution in [-0.2, 0) is 5.54 Å². The molecule has 0 aliphatic heterocycles. The van der Waals surface area contributed by atoms with Crippen LogP contribution in [-0.4, -0.2) is 32.1 Å². The summed E-state index contributed by atoms with van der Waals surface area (Å²) >= 11 is 0. The maximum atomic E-state index is 12.5. The van der Waals surface area contributed by atoms with Gasteiger partial charge in [0.1, 0.15) is 11.2 Å². The van der Waals surface area contributed by atoms with Gasteiger partial charge in [0.25, 0.3) is 5.91 Å². The van der Waals surface area contributed by atoms with Crippen molar-refractivity contribution >= 4 is 11.9 Å². The molecule has 2 aromatic heterocycles. The molecule has 0 radical (unpaired) electrons. The van der Waals surface area contributed by atoms with Crippen molar-refractivity contribution in [2.24, 2.45) is 0 Å². The molecular formula is C15H16N4O4. The second kappa shape index (κ2) is 5.79. The fourth-order valence-electron chi connectivity index (χ4n) is 2.85. The maximum Gasteiger partial charge on any atom is 0.354 e. The smallest absolute Gasteiger partial charge is 0.354 e. The summed E-state index contributed by atoms with van der Waals surface area (Å²) in [5.41, 5.74) is -0.598. The molecule has 2 heterocycles. The summed E-state index contributed by atoms with van der Waals surface area (Å²) in [6.45, 7) is 1.70. The van der Waals surface area contributed by atoms with Crippen LogP contribution in [0.2, 0.25) is 0 Å². The lowest BCUT2D eigenvalue weighted by Gasteiger charge is -2.26. The molecule has 8 heteroatoms. The van der Waals surface area contributed by atoms with Gasteiger partial charge in [0.2, 0.25) is 5.89 Å². The van der Waals surface area contributed by atoms with Crippen LogP contribution in [0.5, 0.6) is 0 Å². The van der Waals surface area contributed by atoms with Crippen molar-refractivity contribution in [3.8, 4) is 0 Å². The van der Waals surface area contributed by atoms with E-state index in [9.17, 15) is 9.59 Å². The average molecular weight is 316 g/mol. The summed E-state index contributed by atoms with van der Waals surface area (Å²) in [5.74, 6) is -0.644. The molecule has 0 unspecified atom stereocenters. The summed E-state index contributed by atoms with van der Waals surface area (Å²) < 4.78 is 5.04. The third-order valence-electron chi connectivity index (χ3n) is 4.01. The first-order valence-electron chi connectivity index (χ1n) is 7.33. The van der Waals surface area contributed by atoms with Crippen LogP contribution in [0.1, 0.15) is 58.2 Å². The number of hydrogen-bond donors (Lipinski definition) is 2. The Morgan fingerprint density at radius 1 is 1.35 bits per heavy atom. The van der Waals surface area contributed by atoms with Crippen molar-refractivity contribution in [1.82, 2.24) is 20.4 Å². The van der Waals surface area contributed by atoms with Gasteiger partial charge < -0.3 is 14.9 Å². The van der Waals surface area contributed by atoms with Gasteiger partial charge in [0, 0.05) is 18.7 Å². The van der Waals surface area contributed by atoms with E-state index in [4.69, 9.17) is 9.63 Å². The monoisotopic (exact) mass is 316 g/mol. The predicted molar refractivity (Wildman–Crippen MR) is 77.8 cm³/mol. The van der Waals surface area contributed by atoms with Crippen LogP contribution < -0.4 is 5.32 Å². The lowest BCUT2D eigenvalue weighted by Crippen LogP contribution is -2.44. The van der Waals surface area contributed by atoms with Gasteiger partial charge in [-0.3, -0.25) is 4.79 Å². The lowest BCUT2D eigenvalue weighted by atomic mass is 9.96. The second-order valence-electron chi connectivity index (χ2n) is 5.62. The Balaban J connectivity index is 1.87. The minimum absolute atomic E-state index is 0.173. The molecule has 1 fully saturated rings. The number of carboxylic acids is 1. The molecule has 8 nitrogen and oxygen atoms in total. The Hall–Kier alpha value is -2.77. The molecule has 1 aliphatic rings. The Morgan fingerprint density at radius 3 is 2.70 bits per heavy atom. The molecule has 23 heavy (non-hydrogen) atoms. The second-order valence-corrected chi connectivity index (χ2v) is 5.62. The van der Waals surface area contributed by atoms with E-state index in [1.165, 1.54) is 18.3 Å². The van der Waals surface area contributed by atoms with E-state index in [1.807, 2.05) is 0 Å². The number of hydrogen-bond acceptors (Lipinski definition) is 6. The van der Waals surface area contributed by atoms with E-state index in [1.54, 1.807) is 6.92 Å². The van der Waals surface area contributed by atoms with Gasteiger partial charge in [0.15, 0.2) is 5.82 Å². The number of amides is 1. The third kappa shape index (κ3) is 2.92. The number of carboxylic acid groups (broad SMARTS) is 1. The average Bonchev–Trinajstić information content (AvgIpc) is 3.17. The van der Waals surface area contributed by atoms with E-state index in [2.05, 4.69) is 20.4 Å². The van der Waals surface area contributed by atoms with Gasteiger partial charge >= 0.3 is 5.97 Å². The molecule has 0 atom stereocenters. The zero-order valence-electron chi connectivity index (χ0n) is 12.6. The molecular weight excluding hydrogens is 300 g/mol. The van der Waals surface area contributed by atoms with E-state index >= 15 is 0 Å². The molecule has 2 aromatic rings. The summed E-state index contributed by atoms with van der Waals surface area (Å²) in [6, 6.07) is 2.73. The van der Waals surface area contributed by atoms with Gasteiger partial charge in [-0.1, -0.05) is 18.0 Å². The first kappa shape index (κ1) is 15.1. The van der Waals surface area contributed by atoms with E-state index < -0.39 is 11.5 Å². The molecule has 0 saturated heterocycles. The van der Waals surface area contributed by atoms with Crippen LogP contribution >= 0.6 is 0 Å². The number of aryl methyl sites for hydroxylation is 1. The van der Waals surface area contributed by atoms with Crippen LogP contribution in [0, 0.1) is 6.92 Å². The summed E-state index contributed by atoms with van der Waals surface area (Å²) in [7, 11) is 0. The van der Waals surface area contributed by atoms with Crippen LogP contribution in [0.4, 0.5) is 0 Å². The molecule has 1 saturated carbocycles. The number of rotatable bonds is 4. The highest BCUT2D eigenvalue weighted by molar-refractivity contribution is 5.97. The van der Waals surface area contributed by atoms with Crippen LogP contribution in [0.25, 0.3) is 0 Å². The first-order chi connectivity index (χ1) is 11.0. The van der Waals surface area contributed by atoms with E-state index in [0.29, 0.717) is 24.6 Å². The van der Waals surface area contributed by atoms with Gasteiger partial charge in [-0.05, 0) is 25.0 Å². The van der Waals surface area contributed by atoms with Crippen molar-refractivity contribution in [3.63, 3.8) is 0 Å². The summed E-state index contributed by atoms with van der Waals surface area (Å²) in [5, 5.41) is 15.9. The molecule has 1 aliphatic carbocycles. The normalized spacial score (nSPS) is 16.2. The highest BCUT2D eigenvalue weighted by atomic mass is 16.5. The molecule has 120 valence electrons. The Bertz CT molecular complexity index is 749. The van der Waals surface area contributed by atoms with Crippen molar-refractivity contribution in [2.75, 3.05) is 0 Å². The number of aromatic nitrogens is 3. The zero-order chi connectivity index (χ0) is 16.4. The van der Waals surface area contributed by atoms with Gasteiger partial charge in [-0.15, -0.1) is 0 Å². The van der Waals surface area contributed by atoms with Crippen molar-refractivity contribution < 1.29 is 19.2 Å². The lowest BCUT2D eigenvalue weighted by molar-refractivity contribution is 0.0690. The van der Waals surface area contributed by atoms with Crippen LogP contribution in [0.15, 0.2) is 22.9 Å². The number of carbonyl (C=O) groups excluding carboxylic acids is 1. The number of nitrogens with one attached hydrogen (secondary N) is 1. The van der Waals surface area contributed by atoms with E-state index in [-0.39, 0.29) is 17.2 Å². The first-order valence-corrected chi connectivity index (χ1v) is 7.33. The highest BCUT2D eigenvalue weighted by Gasteiger charge is 2.41. The minimum atomic E-state index is -1.18. The SMILES string of the molecule is Cc1nc(C2(NC(=O)c3ccnc(C(=O)O)c3)CCCC2)no1. The standard InChI is InChI=1S/C15H16N4O4/c1-9-17-14(19-23-9)15(5-2-3-6-15)18-12(20)10-4-7-16-11(8-10)13(21)22/h4,7-8H,2-3,5-6H2,1H3,(H,18,20)(H,21,22). The molecule has 0 aromatic carbocycles. The molecule has 1 amide bonds. The number of pyridine rings is 1. The predicted octanol–water partition coefficient (Wildman–Crippen LogP) is 1.67. The van der Waals surface area contributed by atoms with Crippen molar-refractivity contribution in [3.05, 3.63) is 41.3 Å². The summed E-state index contributed by atoms with van der Waals surface area (Å²) in [4.78, 5) is 31.5. The molecule has 0 spiro atoms. The van der Waals surface area contributed by atoms with Crippen LogP contribution in [0.3, 0.4) is 0 Å². The molecule has 2 N–H and O–H groups in total. The van der Waals surface area contributed by atoms with Gasteiger partial charge in [-0.25, -0.2) is 9.78 Å². The summed E-state index contributed by atoms with van der Waals surface area (Å²) in [6.07, 6.45) is 4.64. The fourth-order valence-corrected chi connectivity index (χ4v) is 2.85. The zero-order valence-corrected chi connectivity index (χ0v) is 12.6. The number of carbonyl (C=O) groups is 2. The maximum absolute atomic E-state index is 12.5. The molecule has 0 bridgehead atoms. The molecule has 3 rings (SSSR count). The third-order valence-corrected chi connectivity index (χ3v) is 4.01. The quantitative estimate of drug-likeness (QED) is 0.880. The number of nitrogens with zero attached hydrogens (tertiary/aromatic N) is 3. The van der Waals surface area contributed by atoms with Gasteiger partial charge in [-0.2, -0.15) is 4.98 Å². The van der Waals surface area contributed by atoms with Gasteiger partial charge in [0.05, 0.1) is 0 Å². The Labute approximate surface area is 131 Å². The minimum Gasteiger partial charge on any atom is -0.477 e. The topological polar surface area (TPSA) is 118 Å². The largest absolute Gasteiger partial charge is 0.477 e. The fraction of sp³-hybridized carbons (Fsp3) is 0.400. The Morgan fingerprint density at radius 2 is 2.09 bits per heavy atom. The number of aromatic carboxylic acids is 1. The van der Waals surface area contributed by atoms with E-state index in [0.717, 1.165) is 12.8 Å². The Kier molecular flexibility index (Phi) is 3.81.